The molecule has 1 aromatic rings. The highest BCUT2D eigenvalue weighted by atomic mass is 32.2. The van der Waals surface area contributed by atoms with Crippen molar-refractivity contribution in [3.05, 3.63) is 5.38 Å². The van der Waals surface area contributed by atoms with Gasteiger partial charge in [-0.3, -0.25) is 0 Å². The zero-order valence-electron chi connectivity index (χ0n) is 6.98. The summed E-state index contributed by atoms with van der Waals surface area (Å²) in [7, 11) is -4.10. The summed E-state index contributed by atoms with van der Waals surface area (Å²) in [5.74, 6) is -0.625. The monoisotopic (exact) mass is 262 g/mol. The van der Waals surface area contributed by atoms with Crippen LogP contribution in [0, 0.1) is 0 Å². The van der Waals surface area contributed by atoms with Crippen molar-refractivity contribution in [1.82, 2.24) is 4.37 Å². The lowest BCUT2D eigenvalue weighted by atomic mass is 10.6. The van der Waals surface area contributed by atoms with Gasteiger partial charge in [0, 0.05) is 5.38 Å². The summed E-state index contributed by atoms with van der Waals surface area (Å²) in [6.45, 7) is -1.61. The average molecular weight is 262 g/mol. The molecule has 2 N–H and O–H groups in total. The second-order valence-corrected chi connectivity index (χ2v) is 4.59. The van der Waals surface area contributed by atoms with Crippen molar-refractivity contribution in [1.29, 1.82) is 0 Å². The third-order valence-corrected chi connectivity index (χ3v) is 2.85. The highest BCUT2D eigenvalue weighted by Crippen LogP contribution is 2.25. The molecule has 0 unspecified atom stereocenters. The maximum Gasteiger partial charge on any atom is 0.422 e. The van der Waals surface area contributed by atoms with Gasteiger partial charge in [-0.1, -0.05) is 0 Å². The predicted octanol–water partition coefficient (Wildman–Crippen LogP) is 0.732. The van der Waals surface area contributed by atoms with E-state index in [0.29, 0.717) is 11.5 Å². The van der Waals surface area contributed by atoms with Gasteiger partial charge in [-0.2, -0.15) is 17.5 Å². The first kappa shape index (κ1) is 12.2. The second-order valence-electron chi connectivity index (χ2n) is 2.43. The Kier molecular flexibility index (Phi) is 3.21. The van der Waals surface area contributed by atoms with Crippen LogP contribution in [0.25, 0.3) is 0 Å². The van der Waals surface area contributed by atoms with Crippen LogP contribution in [0.2, 0.25) is 0 Å². The topological polar surface area (TPSA) is 82.3 Å². The predicted molar refractivity (Wildman–Crippen MR) is 45.0 cm³/mol. The minimum absolute atomic E-state index is 0.545. The van der Waals surface area contributed by atoms with Crippen LogP contribution in [-0.4, -0.2) is 25.6 Å². The van der Waals surface area contributed by atoms with Crippen LogP contribution in [0.1, 0.15) is 0 Å². The quantitative estimate of drug-likeness (QED) is 0.870. The first-order valence-electron chi connectivity index (χ1n) is 3.37. The van der Waals surface area contributed by atoms with Crippen LogP contribution in [0.15, 0.2) is 10.3 Å². The number of halogens is 3. The van der Waals surface area contributed by atoms with E-state index in [1.165, 1.54) is 0 Å². The van der Waals surface area contributed by atoms with Crippen LogP contribution < -0.4 is 9.88 Å². The molecule has 0 saturated heterocycles. The van der Waals surface area contributed by atoms with Gasteiger partial charge >= 0.3 is 6.18 Å². The molecule has 0 aliphatic carbocycles. The van der Waals surface area contributed by atoms with Crippen molar-refractivity contribution in [2.24, 2.45) is 5.14 Å². The third kappa shape index (κ3) is 3.64. The van der Waals surface area contributed by atoms with Gasteiger partial charge in [0.05, 0.1) is 0 Å². The number of hydrogen-bond acceptors (Lipinski definition) is 5. The van der Waals surface area contributed by atoms with Crippen molar-refractivity contribution < 1.29 is 26.3 Å². The molecule has 0 bridgehead atoms. The Hall–Kier alpha value is -0.870. The Labute approximate surface area is 86.9 Å². The Morgan fingerprint density at radius 3 is 2.60 bits per heavy atom. The van der Waals surface area contributed by atoms with E-state index in [9.17, 15) is 21.6 Å². The highest BCUT2D eigenvalue weighted by Gasteiger charge is 2.30. The third-order valence-electron chi connectivity index (χ3n) is 1.19. The van der Waals surface area contributed by atoms with Crippen molar-refractivity contribution in [3.8, 4) is 5.88 Å². The second kappa shape index (κ2) is 3.94. The number of rotatable bonds is 3. The molecule has 0 atom stereocenters. The molecule has 1 aromatic heterocycles. The van der Waals surface area contributed by atoms with Gasteiger partial charge in [0.15, 0.2) is 11.5 Å². The number of aromatic nitrogens is 1. The zero-order valence-corrected chi connectivity index (χ0v) is 8.62. The van der Waals surface area contributed by atoms with Gasteiger partial charge in [-0.25, -0.2) is 13.6 Å². The summed E-state index contributed by atoms with van der Waals surface area (Å²) in [5, 5.41) is 5.72. The van der Waals surface area contributed by atoms with E-state index >= 15 is 0 Å². The van der Waals surface area contributed by atoms with E-state index < -0.39 is 33.6 Å². The molecule has 0 amide bonds. The Bertz CT molecular complexity index is 439. The van der Waals surface area contributed by atoms with E-state index in [1.807, 2.05) is 0 Å². The van der Waals surface area contributed by atoms with Crippen molar-refractivity contribution in [2.45, 2.75) is 11.1 Å². The number of hydrogen-bond donors (Lipinski definition) is 1. The fraction of sp³-hybridized carbons (Fsp3) is 0.400. The molecule has 0 aliphatic rings. The molecular weight excluding hydrogens is 257 g/mol. The lowest BCUT2D eigenvalue weighted by Crippen LogP contribution is -2.21. The fourth-order valence-corrected chi connectivity index (χ4v) is 2.22. The summed E-state index contributed by atoms with van der Waals surface area (Å²) >= 11 is 0.642. The molecule has 15 heavy (non-hydrogen) atoms. The first-order chi connectivity index (χ1) is 6.70. The molecule has 1 rings (SSSR count). The molecular formula is C5H5F3N2O3S2. The zero-order chi connectivity index (χ0) is 11.7. The van der Waals surface area contributed by atoms with E-state index in [0.717, 1.165) is 5.38 Å². The first-order valence-corrected chi connectivity index (χ1v) is 5.75. The molecule has 0 fully saturated rings. The van der Waals surface area contributed by atoms with E-state index in [-0.39, 0.29) is 0 Å². The number of alkyl halides is 3. The SMILES string of the molecule is NS(=O)(=O)c1csnc1OCC(F)(F)F. The number of ether oxygens (including phenoxy) is 1. The summed E-state index contributed by atoms with van der Waals surface area (Å²) < 4.78 is 64.4. The molecule has 0 spiro atoms. The standard InChI is InChI=1S/C5H5F3N2O3S2/c6-5(7,8)2-13-4-3(1-14-10-4)15(9,11)12/h1H,2H2,(H2,9,11,12). The summed E-state index contributed by atoms with van der Waals surface area (Å²) in [6.07, 6.45) is -4.56. The van der Waals surface area contributed by atoms with Crippen LogP contribution in [0.4, 0.5) is 13.2 Å². The summed E-state index contributed by atoms with van der Waals surface area (Å²) in [4.78, 5) is -0.545. The molecule has 0 saturated carbocycles. The maximum atomic E-state index is 11.7. The molecule has 10 heteroatoms. The molecule has 5 nitrogen and oxygen atoms in total. The smallest absolute Gasteiger partial charge is 0.422 e. The van der Waals surface area contributed by atoms with Crippen LogP contribution in [0.5, 0.6) is 5.88 Å². The Balaban J connectivity index is 2.84. The number of sulfonamides is 1. The van der Waals surface area contributed by atoms with Gasteiger partial charge in [0.25, 0.3) is 0 Å². The Morgan fingerprint density at radius 2 is 2.13 bits per heavy atom. The van der Waals surface area contributed by atoms with Crippen LogP contribution in [0.3, 0.4) is 0 Å². The molecule has 0 aromatic carbocycles. The lowest BCUT2D eigenvalue weighted by molar-refractivity contribution is -0.154. The van der Waals surface area contributed by atoms with Crippen molar-refractivity contribution in [3.63, 3.8) is 0 Å². The number of primary sulfonamides is 1. The van der Waals surface area contributed by atoms with Crippen LogP contribution >= 0.6 is 11.5 Å². The van der Waals surface area contributed by atoms with Crippen LogP contribution in [-0.2, 0) is 10.0 Å². The van der Waals surface area contributed by atoms with E-state index in [1.54, 1.807) is 0 Å². The van der Waals surface area contributed by atoms with Gasteiger partial charge in [0.2, 0.25) is 15.9 Å². The largest absolute Gasteiger partial charge is 0.466 e. The van der Waals surface area contributed by atoms with E-state index in [4.69, 9.17) is 5.14 Å². The van der Waals surface area contributed by atoms with Gasteiger partial charge in [-0.05, 0) is 11.5 Å². The number of nitrogens with two attached hydrogens (primary N) is 1. The molecule has 86 valence electrons. The summed E-state index contributed by atoms with van der Waals surface area (Å²) in [5.41, 5.74) is 0. The highest BCUT2D eigenvalue weighted by molar-refractivity contribution is 7.89. The van der Waals surface area contributed by atoms with Gasteiger partial charge < -0.3 is 4.74 Å². The van der Waals surface area contributed by atoms with E-state index in [2.05, 4.69) is 9.11 Å². The average Bonchev–Trinajstić information content (AvgIpc) is 2.45. The van der Waals surface area contributed by atoms with Crippen molar-refractivity contribution in [2.75, 3.05) is 6.61 Å². The fourth-order valence-electron chi connectivity index (χ4n) is 0.654. The van der Waals surface area contributed by atoms with Gasteiger partial charge in [-0.15, -0.1) is 0 Å². The van der Waals surface area contributed by atoms with Gasteiger partial charge in [0.1, 0.15) is 0 Å². The maximum absolute atomic E-state index is 11.7. The normalized spacial score (nSPS) is 12.8. The minimum Gasteiger partial charge on any atom is -0.466 e. The Morgan fingerprint density at radius 1 is 1.53 bits per heavy atom. The molecule has 1 heterocycles. The summed E-state index contributed by atoms with van der Waals surface area (Å²) in [6, 6.07) is 0. The van der Waals surface area contributed by atoms with Crippen molar-refractivity contribution >= 4 is 21.6 Å². The molecule has 0 aliphatic heterocycles. The number of nitrogens with zero attached hydrogens (tertiary/aromatic N) is 1. The molecule has 0 radical (unpaired) electrons. The minimum atomic E-state index is -4.56. The lowest BCUT2D eigenvalue weighted by Gasteiger charge is -2.07.